The van der Waals surface area contributed by atoms with Gasteiger partial charge in [0.2, 0.25) is 0 Å². The van der Waals surface area contributed by atoms with Gasteiger partial charge in [-0.1, -0.05) is 13.3 Å². The van der Waals surface area contributed by atoms with Gasteiger partial charge in [-0.25, -0.2) is 4.79 Å². The highest BCUT2D eigenvalue weighted by atomic mass is 32.2. The number of hydrogen-bond acceptors (Lipinski definition) is 3. The van der Waals surface area contributed by atoms with Gasteiger partial charge in [-0.3, -0.25) is 4.79 Å². The number of carbonyl (C=O) groups is 2. The Labute approximate surface area is 130 Å². The van der Waals surface area contributed by atoms with E-state index in [1.54, 1.807) is 24.3 Å². The molecule has 1 saturated carbocycles. The fraction of sp³-hybridized carbons (Fsp3) is 0.500. The maximum Gasteiger partial charge on any atom is 0.319 e. The molecule has 0 aliphatic heterocycles. The fourth-order valence-corrected chi connectivity index (χ4v) is 3.83. The highest BCUT2D eigenvalue weighted by Crippen LogP contribution is 2.29. The van der Waals surface area contributed by atoms with Gasteiger partial charge in [0, 0.05) is 22.5 Å². The Hall–Kier alpha value is -1.49. The Morgan fingerprint density at radius 2 is 1.95 bits per heavy atom. The average Bonchev–Trinajstić information content (AvgIpc) is 2.87. The van der Waals surface area contributed by atoms with Crippen LogP contribution in [0.5, 0.6) is 0 Å². The van der Waals surface area contributed by atoms with Gasteiger partial charge < -0.3 is 10.6 Å². The van der Waals surface area contributed by atoms with Crippen LogP contribution in [-0.4, -0.2) is 28.9 Å². The van der Waals surface area contributed by atoms with E-state index in [0.717, 1.165) is 12.2 Å². The zero-order valence-electron chi connectivity index (χ0n) is 12.5. The number of Topliss-reactive ketones (excluding diaryl/α,β-unsaturated/α-hetero) is 1. The van der Waals surface area contributed by atoms with Crippen LogP contribution in [0.15, 0.2) is 24.3 Å². The summed E-state index contributed by atoms with van der Waals surface area (Å²) in [6.45, 7) is 3.68. The average molecular weight is 306 g/mol. The van der Waals surface area contributed by atoms with Gasteiger partial charge >= 0.3 is 6.03 Å². The molecular formula is C16H22N2O2S. The number of amides is 2. The van der Waals surface area contributed by atoms with Crippen LogP contribution in [0.25, 0.3) is 0 Å². The molecule has 5 heteroatoms. The number of rotatable bonds is 5. The lowest BCUT2D eigenvalue weighted by Crippen LogP contribution is -2.41. The van der Waals surface area contributed by atoms with Crippen LogP contribution < -0.4 is 10.6 Å². The number of benzene rings is 1. The highest BCUT2D eigenvalue weighted by Gasteiger charge is 2.28. The Kier molecular flexibility index (Phi) is 5.67. The number of nitrogens with one attached hydrogen (secondary N) is 2. The van der Waals surface area contributed by atoms with E-state index in [9.17, 15) is 9.59 Å². The second-order valence-corrected chi connectivity index (χ2v) is 6.78. The number of carbonyl (C=O) groups excluding carboxylic acids is 2. The molecule has 0 radical (unpaired) electrons. The summed E-state index contributed by atoms with van der Waals surface area (Å²) in [6, 6.07) is 7.05. The molecule has 2 atom stereocenters. The van der Waals surface area contributed by atoms with Gasteiger partial charge in [0.05, 0.1) is 0 Å². The van der Waals surface area contributed by atoms with Crippen LogP contribution in [0.1, 0.15) is 43.5 Å². The molecular weight excluding hydrogens is 284 g/mol. The Morgan fingerprint density at radius 3 is 2.57 bits per heavy atom. The van der Waals surface area contributed by atoms with Crippen molar-refractivity contribution in [2.75, 3.05) is 11.1 Å². The Balaban J connectivity index is 1.88. The van der Waals surface area contributed by atoms with Crippen LogP contribution in [0.2, 0.25) is 0 Å². The smallest absolute Gasteiger partial charge is 0.319 e. The van der Waals surface area contributed by atoms with E-state index >= 15 is 0 Å². The van der Waals surface area contributed by atoms with E-state index in [0.29, 0.717) is 16.5 Å². The second-order valence-electron chi connectivity index (χ2n) is 5.26. The molecule has 1 aromatic carbocycles. The zero-order valence-corrected chi connectivity index (χ0v) is 13.3. The van der Waals surface area contributed by atoms with Crippen molar-refractivity contribution < 1.29 is 9.59 Å². The van der Waals surface area contributed by atoms with E-state index in [1.165, 1.54) is 19.8 Å². The Bertz CT molecular complexity index is 502. The van der Waals surface area contributed by atoms with Gasteiger partial charge in [-0.2, -0.15) is 11.8 Å². The minimum absolute atomic E-state index is 0.0244. The summed E-state index contributed by atoms with van der Waals surface area (Å²) in [4.78, 5) is 23.2. The number of hydrogen-bond donors (Lipinski definition) is 2. The molecule has 0 spiro atoms. The topological polar surface area (TPSA) is 58.2 Å². The summed E-state index contributed by atoms with van der Waals surface area (Å²) >= 11 is 1.92. The summed E-state index contributed by atoms with van der Waals surface area (Å²) in [7, 11) is 0. The van der Waals surface area contributed by atoms with E-state index in [1.807, 2.05) is 11.8 Å². The van der Waals surface area contributed by atoms with Gasteiger partial charge in [0.1, 0.15) is 0 Å². The summed E-state index contributed by atoms with van der Waals surface area (Å²) < 4.78 is 0. The van der Waals surface area contributed by atoms with Gasteiger partial charge in [-0.05, 0) is 49.8 Å². The van der Waals surface area contributed by atoms with E-state index in [4.69, 9.17) is 0 Å². The van der Waals surface area contributed by atoms with Crippen molar-refractivity contribution >= 4 is 29.3 Å². The molecule has 21 heavy (non-hydrogen) atoms. The van der Waals surface area contributed by atoms with Crippen LogP contribution in [0.4, 0.5) is 10.5 Å². The van der Waals surface area contributed by atoms with Crippen LogP contribution in [-0.2, 0) is 0 Å². The second kappa shape index (κ2) is 7.50. The minimum atomic E-state index is -0.167. The molecule has 0 bridgehead atoms. The molecule has 4 nitrogen and oxygen atoms in total. The summed E-state index contributed by atoms with van der Waals surface area (Å²) in [5, 5.41) is 6.42. The summed E-state index contributed by atoms with van der Waals surface area (Å²) in [6.07, 6.45) is 3.40. The summed E-state index contributed by atoms with van der Waals surface area (Å²) in [5.41, 5.74) is 1.35. The first kappa shape index (κ1) is 15.9. The van der Waals surface area contributed by atoms with Gasteiger partial charge in [-0.15, -0.1) is 0 Å². The van der Waals surface area contributed by atoms with Crippen LogP contribution >= 0.6 is 11.8 Å². The zero-order chi connectivity index (χ0) is 15.2. The quantitative estimate of drug-likeness (QED) is 0.816. The molecule has 1 fully saturated rings. The molecule has 2 unspecified atom stereocenters. The van der Waals surface area contributed by atoms with Gasteiger partial charge in [0.15, 0.2) is 5.78 Å². The molecule has 0 saturated heterocycles. The number of thioether (sulfide) groups is 1. The first-order valence-corrected chi connectivity index (χ1v) is 8.45. The van der Waals surface area contributed by atoms with Crippen molar-refractivity contribution in [3.05, 3.63) is 29.8 Å². The third-order valence-electron chi connectivity index (χ3n) is 3.70. The van der Waals surface area contributed by atoms with E-state index in [2.05, 4.69) is 17.6 Å². The summed E-state index contributed by atoms with van der Waals surface area (Å²) in [5.74, 6) is 1.10. The molecule has 0 heterocycles. The van der Waals surface area contributed by atoms with Crippen molar-refractivity contribution in [3.8, 4) is 0 Å². The maximum atomic E-state index is 12.0. The fourth-order valence-electron chi connectivity index (χ4n) is 2.63. The number of ketones is 1. The first-order valence-electron chi connectivity index (χ1n) is 7.40. The maximum absolute atomic E-state index is 12.0. The van der Waals surface area contributed by atoms with Crippen molar-refractivity contribution in [1.29, 1.82) is 0 Å². The predicted octanol–water partition coefficient (Wildman–Crippen LogP) is 3.68. The molecule has 1 aromatic rings. The number of urea groups is 1. The third-order valence-corrected chi connectivity index (χ3v) is 5.02. The third kappa shape index (κ3) is 4.49. The number of anilines is 1. The van der Waals surface area contributed by atoms with Crippen molar-refractivity contribution in [1.82, 2.24) is 5.32 Å². The SMILES string of the molecule is CCSC1CCCC1NC(=O)Nc1ccc(C(C)=O)cc1. The van der Waals surface area contributed by atoms with Crippen molar-refractivity contribution in [2.45, 2.75) is 44.4 Å². The van der Waals surface area contributed by atoms with Crippen LogP contribution in [0.3, 0.4) is 0 Å². The van der Waals surface area contributed by atoms with Gasteiger partial charge in [0.25, 0.3) is 0 Å². The highest BCUT2D eigenvalue weighted by molar-refractivity contribution is 7.99. The Morgan fingerprint density at radius 1 is 1.24 bits per heavy atom. The first-order chi connectivity index (χ1) is 10.1. The molecule has 2 amide bonds. The standard InChI is InChI=1S/C16H22N2O2S/c1-3-21-15-6-4-5-14(15)18-16(20)17-13-9-7-12(8-10-13)11(2)19/h7-10,14-15H,3-6H2,1-2H3,(H2,17,18,20). The normalized spacial score (nSPS) is 21.0. The van der Waals surface area contributed by atoms with Crippen molar-refractivity contribution in [2.24, 2.45) is 0 Å². The largest absolute Gasteiger partial charge is 0.334 e. The predicted molar refractivity (Wildman–Crippen MR) is 88.2 cm³/mol. The lowest BCUT2D eigenvalue weighted by atomic mass is 10.1. The van der Waals surface area contributed by atoms with E-state index < -0.39 is 0 Å². The molecule has 0 aromatic heterocycles. The van der Waals surface area contributed by atoms with E-state index in [-0.39, 0.29) is 17.9 Å². The van der Waals surface area contributed by atoms with Crippen molar-refractivity contribution in [3.63, 3.8) is 0 Å². The molecule has 1 aliphatic carbocycles. The lowest BCUT2D eigenvalue weighted by molar-refractivity contribution is 0.101. The molecule has 1 aliphatic rings. The molecule has 114 valence electrons. The monoisotopic (exact) mass is 306 g/mol. The minimum Gasteiger partial charge on any atom is -0.334 e. The lowest BCUT2D eigenvalue weighted by Gasteiger charge is -2.20. The molecule has 2 rings (SSSR count). The van der Waals surface area contributed by atoms with Crippen LogP contribution in [0, 0.1) is 0 Å². The molecule has 2 N–H and O–H groups in total.